The Bertz CT molecular complexity index is 949. The van der Waals surface area contributed by atoms with Crippen molar-refractivity contribution in [3.63, 3.8) is 0 Å². The minimum absolute atomic E-state index is 0.101. The molecule has 0 spiro atoms. The molecule has 6 heteroatoms. The lowest BCUT2D eigenvalue weighted by Crippen LogP contribution is -2.37. The number of hydrogen-bond donors (Lipinski definition) is 0. The van der Waals surface area contributed by atoms with Gasteiger partial charge in [0.1, 0.15) is 11.4 Å². The van der Waals surface area contributed by atoms with Crippen molar-refractivity contribution < 1.29 is 22.7 Å². The lowest BCUT2D eigenvalue weighted by molar-refractivity contribution is -0.144. The molecule has 0 N–H and O–H groups in total. The lowest BCUT2D eigenvalue weighted by Gasteiger charge is -2.22. The van der Waals surface area contributed by atoms with Crippen LogP contribution in [0.2, 0.25) is 0 Å². The quantitative estimate of drug-likeness (QED) is 0.434. The van der Waals surface area contributed by atoms with Gasteiger partial charge < -0.3 is 4.74 Å². The molecule has 0 fully saturated rings. The van der Waals surface area contributed by atoms with Crippen LogP contribution in [-0.2, 0) is 19.4 Å². The Morgan fingerprint density at radius 2 is 1.56 bits per heavy atom. The van der Waals surface area contributed by atoms with Crippen LogP contribution in [0.5, 0.6) is 0 Å². The van der Waals surface area contributed by atoms with Crippen molar-refractivity contribution in [2.24, 2.45) is 5.92 Å². The third kappa shape index (κ3) is 4.17. The molecule has 1 aliphatic rings. The van der Waals surface area contributed by atoms with Crippen LogP contribution in [0.1, 0.15) is 23.7 Å². The molecule has 0 saturated carbocycles. The summed E-state index contributed by atoms with van der Waals surface area (Å²) >= 11 is 0. The van der Waals surface area contributed by atoms with Crippen LogP contribution in [0.4, 0.5) is 0 Å². The van der Waals surface area contributed by atoms with E-state index in [2.05, 4.69) is 0 Å². The minimum Gasteiger partial charge on any atom is -0.458 e. The summed E-state index contributed by atoms with van der Waals surface area (Å²) in [7, 11) is -3.93. The highest BCUT2D eigenvalue weighted by molar-refractivity contribution is 7.92. The fourth-order valence-electron chi connectivity index (χ4n) is 3.31. The smallest absolute Gasteiger partial charge is 0.303 e. The molecule has 3 rings (SSSR count). The van der Waals surface area contributed by atoms with E-state index in [-0.39, 0.29) is 11.3 Å². The number of rotatable bonds is 6. The third-order valence-electron chi connectivity index (χ3n) is 4.51. The minimum atomic E-state index is -3.93. The Kier molecular flexibility index (Phi) is 5.56. The number of ether oxygens (including phenoxy) is 1. The molecule has 0 amide bonds. The predicted octanol–water partition coefficient (Wildman–Crippen LogP) is 3.22. The van der Waals surface area contributed by atoms with E-state index in [1.165, 1.54) is 19.1 Å². The number of carbonyl (C=O) groups is 2. The van der Waals surface area contributed by atoms with Crippen molar-refractivity contribution in [2.75, 3.05) is 0 Å². The average molecular weight is 384 g/mol. The van der Waals surface area contributed by atoms with Gasteiger partial charge in [0, 0.05) is 18.4 Å². The first-order valence-corrected chi connectivity index (χ1v) is 10.2. The van der Waals surface area contributed by atoms with Gasteiger partial charge in [0.2, 0.25) is 0 Å². The number of ketones is 1. The van der Waals surface area contributed by atoms with E-state index in [0.717, 1.165) is 0 Å². The standard InChI is InChI=1S/C21H20O5S/c1-15(22)26-18-13-12-17(14-18)21(20(23)16-8-4-2-5-9-16)27(24,25)19-10-6-3-7-11-19/h2-13,17-18,21H,14H2,1H3/t17-,18+,21?/m0/s1. The molecule has 2 aromatic carbocycles. The lowest BCUT2D eigenvalue weighted by atomic mass is 9.96. The summed E-state index contributed by atoms with van der Waals surface area (Å²) in [5.74, 6) is -1.48. The normalized spacial score (nSPS) is 20.2. The molecule has 140 valence electrons. The van der Waals surface area contributed by atoms with E-state index < -0.39 is 38.9 Å². The summed E-state index contributed by atoms with van der Waals surface area (Å²) in [6.07, 6.45) is 3.05. The zero-order chi connectivity index (χ0) is 19.4. The highest BCUT2D eigenvalue weighted by Crippen LogP contribution is 2.33. The zero-order valence-electron chi connectivity index (χ0n) is 14.8. The van der Waals surface area contributed by atoms with Crippen LogP contribution in [0, 0.1) is 5.92 Å². The van der Waals surface area contributed by atoms with E-state index in [0.29, 0.717) is 5.56 Å². The summed E-state index contributed by atoms with van der Waals surface area (Å²) in [5, 5.41) is -1.28. The van der Waals surface area contributed by atoms with Crippen molar-refractivity contribution in [3.8, 4) is 0 Å². The Balaban J connectivity index is 1.99. The van der Waals surface area contributed by atoms with E-state index in [4.69, 9.17) is 4.74 Å². The highest BCUT2D eigenvalue weighted by atomic mass is 32.2. The molecule has 27 heavy (non-hydrogen) atoms. The van der Waals surface area contributed by atoms with Gasteiger partial charge in [0.15, 0.2) is 15.6 Å². The number of Topliss-reactive ketones (excluding diaryl/α,β-unsaturated/α-hetero) is 1. The summed E-state index contributed by atoms with van der Waals surface area (Å²) in [4.78, 5) is 24.5. The Hall–Kier alpha value is -2.73. The van der Waals surface area contributed by atoms with Gasteiger partial charge in [-0.25, -0.2) is 8.42 Å². The number of benzene rings is 2. The first kappa shape index (κ1) is 19.0. The third-order valence-corrected chi connectivity index (χ3v) is 6.67. The van der Waals surface area contributed by atoms with Crippen molar-refractivity contribution in [1.29, 1.82) is 0 Å². The Morgan fingerprint density at radius 3 is 2.15 bits per heavy atom. The van der Waals surface area contributed by atoms with Crippen LogP contribution in [0.15, 0.2) is 77.7 Å². The van der Waals surface area contributed by atoms with Crippen molar-refractivity contribution in [2.45, 2.75) is 29.6 Å². The van der Waals surface area contributed by atoms with Crippen LogP contribution in [0.3, 0.4) is 0 Å². The molecule has 0 aromatic heterocycles. The largest absolute Gasteiger partial charge is 0.458 e. The molecule has 1 aliphatic carbocycles. The van der Waals surface area contributed by atoms with E-state index in [1.54, 1.807) is 60.7 Å². The maximum atomic E-state index is 13.3. The average Bonchev–Trinajstić information content (AvgIpc) is 3.10. The molecule has 0 bridgehead atoms. The fraction of sp³-hybridized carbons (Fsp3) is 0.238. The number of allylic oxidation sites excluding steroid dienone is 1. The molecule has 2 aromatic rings. The summed E-state index contributed by atoms with van der Waals surface area (Å²) in [6, 6.07) is 16.3. The van der Waals surface area contributed by atoms with Crippen molar-refractivity contribution in [1.82, 2.24) is 0 Å². The van der Waals surface area contributed by atoms with Gasteiger partial charge in [-0.15, -0.1) is 0 Å². The first-order valence-electron chi connectivity index (χ1n) is 8.63. The summed E-state index contributed by atoms with van der Waals surface area (Å²) in [6.45, 7) is 1.30. The van der Waals surface area contributed by atoms with Gasteiger partial charge in [-0.1, -0.05) is 54.6 Å². The SMILES string of the molecule is CC(=O)O[C@@H]1C=C[C@H](C(C(=O)c2ccccc2)S(=O)(=O)c2ccccc2)C1. The summed E-state index contributed by atoms with van der Waals surface area (Å²) < 4.78 is 31.8. The molecule has 0 aliphatic heterocycles. The molecule has 0 radical (unpaired) electrons. The second kappa shape index (κ2) is 7.88. The molecular formula is C21H20O5S. The Morgan fingerprint density at radius 1 is 0.963 bits per heavy atom. The molecule has 0 heterocycles. The summed E-state index contributed by atoms with van der Waals surface area (Å²) in [5.41, 5.74) is 0.339. The number of hydrogen-bond acceptors (Lipinski definition) is 5. The molecular weight excluding hydrogens is 364 g/mol. The van der Waals surface area contributed by atoms with Gasteiger partial charge >= 0.3 is 5.97 Å². The van der Waals surface area contributed by atoms with Gasteiger partial charge in [0.25, 0.3) is 0 Å². The number of sulfone groups is 1. The first-order chi connectivity index (χ1) is 12.9. The fourth-order valence-corrected chi connectivity index (χ4v) is 5.22. The molecule has 5 nitrogen and oxygen atoms in total. The van der Waals surface area contributed by atoms with E-state index >= 15 is 0 Å². The maximum Gasteiger partial charge on any atom is 0.303 e. The van der Waals surface area contributed by atoms with Gasteiger partial charge in [-0.2, -0.15) is 0 Å². The second-order valence-corrected chi connectivity index (χ2v) is 8.51. The molecule has 1 unspecified atom stereocenters. The maximum absolute atomic E-state index is 13.3. The van der Waals surface area contributed by atoms with Crippen LogP contribution >= 0.6 is 0 Å². The van der Waals surface area contributed by atoms with E-state index in [1.807, 2.05) is 0 Å². The molecule has 3 atom stereocenters. The van der Waals surface area contributed by atoms with Gasteiger partial charge in [0.05, 0.1) is 4.90 Å². The van der Waals surface area contributed by atoms with Crippen molar-refractivity contribution in [3.05, 3.63) is 78.4 Å². The zero-order valence-corrected chi connectivity index (χ0v) is 15.6. The van der Waals surface area contributed by atoms with E-state index in [9.17, 15) is 18.0 Å². The van der Waals surface area contributed by atoms with Gasteiger partial charge in [-0.05, 0) is 24.6 Å². The number of esters is 1. The van der Waals surface area contributed by atoms with Crippen molar-refractivity contribution >= 4 is 21.6 Å². The molecule has 0 saturated heterocycles. The predicted molar refractivity (Wildman–Crippen MR) is 101 cm³/mol. The second-order valence-electron chi connectivity index (χ2n) is 6.44. The van der Waals surface area contributed by atoms with Crippen LogP contribution < -0.4 is 0 Å². The van der Waals surface area contributed by atoms with Crippen LogP contribution in [-0.4, -0.2) is 31.5 Å². The van der Waals surface area contributed by atoms with Crippen LogP contribution in [0.25, 0.3) is 0 Å². The topological polar surface area (TPSA) is 77.5 Å². The monoisotopic (exact) mass is 384 g/mol. The number of carbonyl (C=O) groups excluding carboxylic acids is 2. The van der Waals surface area contributed by atoms with Gasteiger partial charge in [-0.3, -0.25) is 9.59 Å². The highest BCUT2D eigenvalue weighted by Gasteiger charge is 2.42. The Labute approximate surface area is 158 Å².